The molecule has 1 aliphatic rings. The van der Waals surface area contributed by atoms with Gasteiger partial charge < -0.3 is 10.4 Å². The molecular weight excluding hydrogens is 414 g/mol. The molecule has 0 amide bonds. The summed E-state index contributed by atoms with van der Waals surface area (Å²) in [6.45, 7) is 0.787. The second kappa shape index (κ2) is 8.94. The van der Waals surface area contributed by atoms with Crippen LogP contribution in [0.2, 0.25) is 0 Å². The van der Waals surface area contributed by atoms with Crippen molar-refractivity contribution >= 4 is 33.9 Å². The first kappa shape index (κ1) is 20.6. The van der Waals surface area contributed by atoms with Crippen LogP contribution < -0.4 is 10.0 Å². The van der Waals surface area contributed by atoms with Crippen molar-refractivity contribution in [3.63, 3.8) is 0 Å². The molecule has 3 N–H and O–H groups in total. The van der Waals surface area contributed by atoms with Crippen LogP contribution in [-0.2, 0) is 16.0 Å². The van der Waals surface area contributed by atoms with E-state index in [2.05, 4.69) is 25.0 Å². The van der Waals surface area contributed by atoms with Crippen molar-refractivity contribution in [2.24, 2.45) is 0 Å². The van der Waals surface area contributed by atoms with E-state index < -0.39 is 21.8 Å². The molecule has 28 heavy (non-hydrogen) atoms. The molecule has 1 fully saturated rings. The van der Waals surface area contributed by atoms with Gasteiger partial charge in [0, 0.05) is 31.0 Å². The number of nitrogens with one attached hydrogen (secondary N) is 2. The first-order chi connectivity index (χ1) is 13.4. The maximum Gasteiger partial charge on any atom is 0.303 e. The van der Waals surface area contributed by atoms with E-state index in [4.69, 9.17) is 5.11 Å². The van der Waals surface area contributed by atoms with E-state index in [0.29, 0.717) is 13.1 Å². The van der Waals surface area contributed by atoms with Crippen LogP contribution in [0.5, 0.6) is 0 Å². The summed E-state index contributed by atoms with van der Waals surface area (Å²) < 4.78 is 55.1. The van der Waals surface area contributed by atoms with E-state index in [1.807, 2.05) is 0 Å². The zero-order chi connectivity index (χ0) is 20.1. The van der Waals surface area contributed by atoms with Crippen LogP contribution in [0.3, 0.4) is 0 Å². The van der Waals surface area contributed by atoms with E-state index >= 15 is 0 Å². The molecule has 0 spiro atoms. The molecular formula is C15H18F2N6O3S2. The number of hydrogen-bond acceptors (Lipinski definition) is 8. The van der Waals surface area contributed by atoms with E-state index in [9.17, 15) is 17.2 Å². The minimum absolute atomic E-state index is 0.0331. The minimum Gasteiger partial charge on any atom is -0.395 e. The van der Waals surface area contributed by atoms with Gasteiger partial charge in [-0.2, -0.15) is 27.7 Å². The van der Waals surface area contributed by atoms with E-state index in [-0.39, 0.29) is 41.5 Å². The Morgan fingerprint density at radius 3 is 2.61 bits per heavy atom. The third kappa shape index (κ3) is 5.04. The van der Waals surface area contributed by atoms with Crippen molar-refractivity contribution in [3.05, 3.63) is 35.4 Å². The van der Waals surface area contributed by atoms with Gasteiger partial charge in [0.25, 0.3) is 0 Å². The number of benzene rings is 1. The highest BCUT2D eigenvalue weighted by Crippen LogP contribution is 2.24. The summed E-state index contributed by atoms with van der Waals surface area (Å²) in [6.07, 6.45) is 0.779. The number of anilines is 2. The van der Waals surface area contributed by atoms with Crippen molar-refractivity contribution in [2.75, 3.05) is 36.3 Å². The van der Waals surface area contributed by atoms with Gasteiger partial charge in [0.2, 0.25) is 11.9 Å². The van der Waals surface area contributed by atoms with E-state index in [1.165, 1.54) is 16.4 Å². The quantitative estimate of drug-likeness (QED) is 0.506. The molecule has 1 aliphatic heterocycles. The Labute approximate surface area is 164 Å². The normalized spacial score (nSPS) is 14.5. The highest BCUT2D eigenvalue weighted by Gasteiger charge is 2.28. The first-order valence-electron chi connectivity index (χ1n) is 8.33. The SMILES string of the molecule is O=S(=O)(Nc1nc(NCCO)nc(SCc2cccc(F)c2F)n1)N1CCC1. The van der Waals surface area contributed by atoms with E-state index in [1.54, 1.807) is 0 Å². The predicted molar refractivity (Wildman–Crippen MR) is 100 cm³/mol. The number of thioether (sulfide) groups is 1. The Morgan fingerprint density at radius 1 is 1.18 bits per heavy atom. The Balaban J connectivity index is 1.79. The zero-order valence-corrected chi connectivity index (χ0v) is 16.2. The second-order valence-corrected chi connectivity index (χ2v) is 8.39. The van der Waals surface area contributed by atoms with Crippen LogP contribution in [-0.4, -0.2) is 59.0 Å². The van der Waals surface area contributed by atoms with Gasteiger partial charge in [-0.05, 0) is 12.5 Å². The van der Waals surface area contributed by atoms with Gasteiger partial charge in [0.1, 0.15) is 0 Å². The molecule has 0 bridgehead atoms. The molecule has 0 aliphatic carbocycles. The molecule has 3 rings (SSSR count). The highest BCUT2D eigenvalue weighted by atomic mass is 32.2. The fourth-order valence-electron chi connectivity index (χ4n) is 2.22. The molecule has 0 saturated carbocycles. The van der Waals surface area contributed by atoms with Crippen molar-refractivity contribution in [1.29, 1.82) is 0 Å². The Hall–Kier alpha value is -2.09. The molecule has 0 atom stereocenters. The topological polar surface area (TPSA) is 120 Å². The van der Waals surface area contributed by atoms with Gasteiger partial charge in [-0.25, -0.2) is 13.5 Å². The van der Waals surface area contributed by atoms with Crippen molar-refractivity contribution in [3.8, 4) is 0 Å². The summed E-state index contributed by atoms with van der Waals surface area (Å²) in [7, 11) is -3.78. The van der Waals surface area contributed by atoms with Crippen LogP contribution in [0, 0.1) is 11.6 Å². The number of aromatic nitrogens is 3. The summed E-state index contributed by atoms with van der Waals surface area (Å²) in [6, 6.07) is 3.85. The van der Waals surface area contributed by atoms with Crippen LogP contribution in [0.15, 0.2) is 23.4 Å². The molecule has 2 aromatic rings. The summed E-state index contributed by atoms with van der Waals surface area (Å²) >= 11 is 0.993. The molecule has 0 radical (unpaired) electrons. The van der Waals surface area contributed by atoms with Gasteiger partial charge in [-0.15, -0.1) is 0 Å². The van der Waals surface area contributed by atoms with Crippen molar-refractivity contribution in [2.45, 2.75) is 17.3 Å². The standard InChI is InChI=1S/C15H18F2N6O3S2/c16-11-4-1-3-10(12(11)17)9-27-15-20-13(18-5-8-24)19-14(21-15)22-28(25,26)23-6-2-7-23/h1,3-4,24H,2,5-9H2,(H2,18,19,20,21,22). The predicted octanol–water partition coefficient (Wildman–Crippen LogP) is 1.21. The van der Waals surface area contributed by atoms with Gasteiger partial charge in [0.15, 0.2) is 16.8 Å². The zero-order valence-electron chi connectivity index (χ0n) is 14.6. The molecule has 1 aromatic heterocycles. The Morgan fingerprint density at radius 2 is 1.93 bits per heavy atom. The number of halogens is 2. The number of rotatable bonds is 9. The maximum atomic E-state index is 13.8. The molecule has 152 valence electrons. The lowest BCUT2D eigenvalue weighted by molar-refractivity contribution is 0.310. The second-order valence-electron chi connectivity index (χ2n) is 5.78. The van der Waals surface area contributed by atoms with Crippen LogP contribution in [0.4, 0.5) is 20.7 Å². The summed E-state index contributed by atoms with van der Waals surface area (Å²) in [5, 5.41) is 11.8. The average molecular weight is 432 g/mol. The summed E-state index contributed by atoms with van der Waals surface area (Å²) in [5.41, 5.74) is 0.123. The number of nitrogens with zero attached hydrogens (tertiary/aromatic N) is 4. The molecule has 0 unspecified atom stereocenters. The lowest BCUT2D eigenvalue weighted by Gasteiger charge is -2.29. The lowest BCUT2D eigenvalue weighted by atomic mass is 10.2. The molecule has 2 heterocycles. The van der Waals surface area contributed by atoms with Crippen LogP contribution in [0.25, 0.3) is 0 Å². The number of hydrogen-bond donors (Lipinski definition) is 3. The number of aliphatic hydroxyl groups is 1. The molecule has 1 aromatic carbocycles. The molecule has 1 saturated heterocycles. The molecule has 13 heteroatoms. The molecule has 9 nitrogen and oxygen atoms in total. The largest absolute Gasteiger partial charge is 0.395 e. The average Bonchev–Trinajstić information content (AvgIpc) is 2.58. The van der Waals surface area contributed by atoms with E-state index in [0.717, 1.165) is 24.2 Å². The lowest BCUT2D eigenvalue weighted by Crippen LogP contribution is -2.45. The minimum atomic E-state index is -3.78. The van der Waals surface area contributed by atoms with Crippen molar-refractivity contribution in [1.82, 2.24) is 19.3 Å². The van der Waals surface area contributed by atoms with Gasteiger partial charge in [0.05, 0.1) is 6.61 Å². The van der Waals surface area contributed by atoms with Gasteiger partial charge in [-0.1, -0.05) is 23.9 Å². The fourth-order valence-corrected chi connectivity index (χ4v) is 4.22. The summed E-state index contributed by atoms with van der Waals surface area (Å²) in [5.74, 6) is -2.04. The third-order valence-electron chi connectivity index (χ3n) is 3.77. The first-order valence-corrected chi connectivity index (χ1v) is 10.8. The van der Waals surface area contributed by atoms with Crippen LogP contribution in [0.1, 0.15) is 12.0 Å². The highest BCUT2D eigenvalue weighted by molar-refractivity contribution is 7.98. The smallest absolute Gasteiger partial charge is 0.303 e. The van der Waals surface area contributed by atoms with Crippen molar-refractivity contribution < 1.29 is 22.3 Å². The Bertz CT molecular complexity index is 943. The Kier molecular flexibility index (Phi) is 6.59. The van der Waals surface area contributed by atoms with Gasteiger partial charge in [-0.3, -0.25) is 0 Å². The van der Waals surface area contributed by atoms with Crippen LogP contribution >= 0.6 is 11.8 Å². The maximum absolute atomic E-state index is 13.8. The summed E-state index contributed by atoms with van der Waals surface area (Å²) in [4.78, 5) is 12.1. The van der Waals surface area contributed by atoms with Gasteiger partial charge >= 0.3 is 10.2 Å². The number of aliphatic hydroxyl groups excluding tert-OH is 1. The third-order valence-corrected chi connectivity index (χ3v) is 6.15. The fraction of sp³-hybridized carbons (Fsp3) is 0.400. The monoisotopic (exact) mass is 432 g/mol.